The fourth-order valence-corrected chi connectivity index (χ4v) is 1.76. The van der Waals surface area contributed by atoms with E-state index in [1.54, 1.807) is 23.7 Å². The van der Waals surface area contributed by atoms with Gasteiger partial charge in [-0.25, -0.2) is 9.78 Å². The molecule has 0 aliphatic carbocycles. The molecule has 1 N–H and O–H groups in total. The zero-order valence-electron chi connectivity index (χ0n) is 9.99. The number of carboxylic acid groups (broad SMARTS) is 1. The minimum atomic E-state index is -1.33. The minimum Gasteiger partial charge on any atom is -0.477 e. The zero-order valence-corrected chi connectivity index (χ0v) is 10.8. The Bertz CT molecular complexity index is 466. The van der Waals surface area contributed by atoms with Gasteiger partial charge in [0.25, 0.3) is 0 Å². The Morgan fingerprint density at radius 1 is 1.67 bits per heavy atom. The van der Waals surface area contributed by atoms with Gasteiger partial charge >= 0.3 is 11.7 Å². The summed E-state index contributed by atoms with van der Waals surface area (Å²) in [6, 6.07) is 1.22. The second kappa shape index (κ2) is 6.20. The highest BCUT2D eigenvalue weighted by atomic mass is 32.2. The van der Waals surface area contributed by atoms with Crippen molar-refractivity contribution < 1.29 is 14.8 Å². The molecular weight excluding hydrogens is 258 g/mol. The molecule has 1 aromatic rings. The third-order valence-corrected chi connectivity index (χ3v) is 2.91. The molecule has 1 heterocycles. The second-order valence-corrected chi connectivity index (χ2v) is 4.52. The average Bonchev–Trinajstić information content (AvgIpc) is 2.34. The normalized spacial score (nSPS) is 10.1. The summed E-state index contributed by atoms with van der Waals surface area (Å²) >= 11 is 1.65. The second-order valence-electron chi connectivity index (χ2n) is 3.54. The first-order chi connectivity index (χ1) is 8.47. The van der Waals surface area contributed by atoms with Crippen LogP contribution in [0.2, 0.25) is 0 Å². The Morgan fingerprint density at radius 2 is 2.33 bits per heavy atom. The lowest BCUT2D eigenvalue weighted by atomic mass is 10.2. The van der Waals surface area contributed by atoms with E-state index >= 15 is 0 Å². The monoisotopic (exact) mass is 271 g/mol. The molecule has 0 unspecified atom stereocenters. The van der Waals surface area contributed by atoms with Crippen LogP contribution in [0.3, 0.4) is 0 Å². The van der Waals surface area contributed by atoms with Crippen molar-refractivity contribution >= 4 is 29.2 Å². The molecule has 0 radical (unpaired) electrons. The Kier molecular flexibility index (Phi) is 4.90. The first kappa shape index (κ1) is 14.2. The van der Waals surface area contributed by atoms with E-state index in [1.807, 2.05) is 6.26 Å². The van der Waals surface area contributed by atoms with Crippen molar-refractivity contribution in [2.75, 3.05) is 30.5 Å². The van der Waals surface area contributed by atoms with E-state index < -0.39 is 16.6 Å². The molecule has 0 spiro atoms. The summed E-state index contributed by atoms with van der Waals surface area (Å²) in [6.07, 6.45) is 2.94. The number of pyridine rings is 1. The maximum Gasteiger partial charge on any atom is 0.342 e. The van der Waals surface area contributed by atoms with Gasteiger partial charge < -0.3 is 10.0 Å². The molecule has 0 fully saturated rings. The van der Waals surface area contributed by atoms with Gasteiger partial charge in [0.15, 0.2) is 0 Å². The van der Waals surface area contributed by atoms with E-state index in [9.17, 15) is 14.9 Å². The summed E-state index contributed by atoms with van der Waals surface area (Å²) in [6.45, 7) is 0.686. The predicted molar refractivity (Wildman–Crippen MR) is 69.5 cm³/mol. The zero-order chi connectivity index (χ0) is 13.7. The number of hydrogen-bond acceptors (Lipinski definition) is 6. The van der Waals surface area contributed by atoms with Crippen molar-refractivity contribution in [1.82, 2.24) is 4.98 Å². The summed E-state index contributed by atoms with van der Waals surface area (Å²) < 4.78 is 0. The molecule has 0 bridgehead atoms. The van der Waals surface area contributed by atoms with Crippen LogP contribution in [0.4, 0.5) is 11.5 Å². The average molecular weight is 271 g/mol. The van der Waals surface area contributed by atoms with E-state index in [1.165, 1.54) is 6.07 Å². The molecule has 0 aromatic carbocycles. The van der Waals surface area contributed by atoms with Gasteiger partial charge in [-0.05, 0) is 6.26 Å². The van der Waals surface area contributed by atoms with Crippen molar-refractivity contribution in [3.63, 3.8) is 0 Å². The fraction of sp³-hybridized carbons (Fsp3) is 0.400. The van der Waals surface area contributed by atoms with Crippen LogP contribution in [0.25, 0.3) is 0 Å². The topological polar surface area (TPSA) is 96.6 Å². The molecule has 0 atom stereocenters. The van der Waals surface area contributed by atoms with Crippen LogP contribution >= 0.6 is 11.8 Å². The number of nitro groups is 1. The Hall–Kier alpha value is -1.83. The number of carboxylic acids is 1. The van der Waals surface area contributed by atoms with E-state index in [0.717, 1.165) is 11.9 Å². The van der Waals surface area contributed by atoms with Crippen molar-refractivity contribution in [3.8, 4) is 0 Å². The lowest BCUT2D eigenvalue weighted by molar-refractivity contribution is -0.385. The van der Waals surface area contributed by atoms with E-state index in [2.05, 4.69) is 4.98 Å². The summed E-state index contributed by atoms with van der Waals surface area (Å²) in [7, 11) is 1.76. The predicted octanol–water partition coefficient (Wildman–Crippen LogP) is 1.49. The number of thioether (sulfide) groups is 1. The maximum absolute atomic E-state index is 11.0. The number of rotatable bonds is 6. The van der Waals surface area contributed by atoms with Gasteiger partial charge in [-0.1, -0.05) is 0 Å². The summed E-state index contributed by atoms with van der Waals surface area (Å²) in [4.78, 5) is 26.5. The number of aromatic carboxylic acids is 1. The molecule has 7 nitrogen and oxygen atoms in total. The smallest absolute Gasteiger partial charge is 0.342 e. The van der Waals surface area contributed by atoms with E-state index in [4.69, 9.17) is 5.11 Å². The van der Waals surface area contributed by atoms with Crippen LogP contribution in [0.1, 0.15) is 10.4 Å². The Balaban J connectivity index is 3.07. The van der Waals surface area contributed by atoms with Gasteiger partial charge in [-0.15, -0.1) is 0 Å². The van der Waals surface area contributed by atoms with Crippen molar-refractivity contribution in [1.29, 1.82) is 0 Å². The number of anilines is 1. The van der Waals surface area contributed by atoms with Crippen LogP contribution in [0.5, 0.6) is 0 Å². The van der Waals surface area contributed by atoms with Crippen molar-refractivity contribution in [2.24, 2.45) is 0 Å². The molecule has 0 aliphatic rings. The summed E-state index contributed by atoms with van der Waals surface area (Å²) in [5, 5.41) is 19.6. The largest absolute Gasteiger partial charge is 0.477 e. The van der Waals surface area contributed by atoms with Crippen LogP contribution in [-0.2, 0) is 0 Å². The highest BCUT2D eigenvalue weighted by Crippen LogP contribution is 2.21. The molecule has 0 aliphatic heterocycles. The van der Waals surface area contributed by atoms with Crippen molar-refractivity contribution in [3.05, 3.63) is 27.9 Å². The van der Waals surface area contributed by atoms with Gasteiger partial charge in [0.1, 0.15) is 17.6 Å². The molecule has 0 saturated carbocycles. The molecule has 98 valence electrons. The molecule has 0 saturated heterocycles. The highest BCUT2D eigenvalue weighted by Gasteiger charge is 2.21. The first-order valence-electron chi connectivity index (χ1n) is 5.05. The van der Waals surface area contributed by atoms with Crippen molar-refractivity contribution in [2.45, 2.75) is 0 Å². The molecule has 1 aromatic heterocycles. The van der Waals surface area contributed by atoms with Gasteiger partial charge in [0.2, 0.25) is 0 Å². The Labute approximate surface area is 108 Å². The summed E-state index contributed by atoms with van der Waals surface area (Å²) in [5.41, 5.74) is -0.842. The molecule has 1 rings (SSSR count). The van der Waals surface area contributed by atoms with Gasteiger partial charge in [0, 0.05) is 25.4 Å². The molecule has 0 amide bonds. The van der Waals surface area contributed by atoms with Crippen LogP contribution < -0.4 is 4.90 Å². The van der Waals surface area contributed by atoms with E-state index in [-0.39, 0.29) is 5.56 Å². The first-order valence-corrected chi connectivity index (χ1v) is 6.44. The van der Waals surface area contributed by atoms with Gasteiger partial charge in [-0.2, -0.15) is 11.8 Å². The fourth-order valence-electron chi connectivity index (χ4n) is 1.31. The van der Waals surface area contributed by atoms with Gasteiger partial charge in [0.05, 0.1) is 4.92 Å². The minimum absolute atomic E-state index is 0.346. The van der Waals surface area contributed by atoms with Crippen LogP contribution in [0, 0.1) is 10.1 Å². The standard InChI is InChI=1S/C10H13N3O4S/c1-12(3-4-18-2)9-5-7(10(14)15)8(6-11-9)13(16)17/h5-6H,3-4H2,1-2H3,(H,14,15). The molecule has 18 heavy (non-hydrogen) atoms. The van der Waals surface area contributed by atoms with Crippen LogP contribution in [0.15, 0.2) is 12.3 Å². The maximum atomic E-state index is 11.0. The third-order valence-electron chi connectivity index (χ3n) is 2.32. The Morgan fingerprint density at radius 3 is 2.83 bits per heavy atom. The lowest BCUT2D eigenvalue weighted by Crippen LogP contribution is -2.22. The molecule has 8 heteroatoms. The summed E-state index contributed by atoms with van der Waals surface area (Å²) in [5.74, 6) is -0.0620. The number of hydrogen-bond donors (Lipinski definition) is 1. The van der Waals surface area contributed by atoms with Gasteiger partial charge in [-0.3, -0.25) is 10.1 Å². The highest BCUT2D eigenvalue weighted by molar-refractivity contribution is 7.98. The van der Waals surface area contributed by atoms with Crippen LogP contribution in [-0.4, -0.2) is 46.6 Å². The number of carbonyl (C=O) groups is 1. The van der Waals surface area contributed by atoms with E-state index in [0.29, 0.717) is 12.4 Å². The lowest BCUT2D eigenvalue weighted by Gasteiger charge is -2.17. The number of aromatic nitrogens is 1. The SMILES string of the molecule is CSCCN(C)c1cc(C(=O)O)c([N+](=O)[O-])cn1. The molecular formula is C10H13N3O4S. The number of nitrogens with zero attached hydrogens (tertiary/aromatic N) is 3. The quantitative estimate of drug-likeness (QED) is 0.618. The third kappa shape index (κ3) is 3.33.